The van der Waals surface area contributed by atoms with Crippen LogP contribution in [0.1, 0.15) is 55.7 Å². The number of amides is 1. The van der Waals surface area contributed by atoms with Gasteiger partial charge in [-0.25, -0.2) is 0 Å². The first kappa shape index (κ1) is 22.1. The second kappa shape index (κ2) is 8.66. The topological polar surface area (TPSA) is 42.4 Å². The predicted octanol–water partition coefficient (Wildman–Crippen LogP) is 5.80. The zero-order valence-corrected chi connectivity index (χ0v) is 17.7. The van der Waals surface area contributed by atoms with E-state index in [4.69, 9.17) is 4.74 Å². The lowest BCUT2D eigenvalue weighted by Crippen LogP contribution is -2.23. The minimum Gasteiger partial charge on any atom is -0.493 e. The van der Waals surface area contributed by atoms with Crippen molar-refractivity contribution in [1.82, 2.24) is 9.88 Å². The number of carbonyl (C=O) groups excluding carboxylic acids is 1. The Balaban J connectivity index is 1.96. The van der Waals surface area contributed by atoms with Crippen LogP contribution in [0.15, 0.2) is 30.5 Å². The molecule has 0 aliphatic carbocycles. The lowest BCUT2D eigenvalue weighted by Gasteiger charge is -2.19. The largest absolute Gasteiger partial charge is 0.493 e. The summed E-state index contributed by atoms with van der Waals surface area (Å²) < 4.78 is 46.9. The molecule has 1 aliphatic heterocycles. The summed E-state index contributed by atoms with van der Waals surface area (Å²) in [4.78, 5) is 18.5. The summed E-state index contributed by atoms with van der Waals surface area (Å²) in [5.74, 6) is 0.204. The molecule has 1 aromatic heterocycles. The zero-order chi connectivity index (χ0) is 22.1. The van der Waals surface area contributed by atoms with Gasteiger partial charge < -0.3 is 9.64 Å². The van der Waals surface area contributed by atoms with Crippen LogP contribution in [0.4, 0.5) is 13.2 Å². The first-order valence-electron chi connectivity index (χ1n) is 10.2. The highest BCUT2D eigenvalue weighted by Crippen LogP contribution is 2.40. The van der Waals surface area contributed by atoms with E-state index in [1.54, 1.807) is 17.0 Å². The minimum absolute atomic E-state index is 0.145. The number of hydrogen-bond acceptors (Lipinski definition) is 3. The fourth-order valence-corrected chi connectivity index (χ4v) is 3.92. The second-order valence-electron chi connectivity index (χ2n) is 8.25. The molecule has 1 aliphatic rings. The van der Waals surface area contributed by atoms with Crippen molar-refractivity contribution in [2.75, 3.05) is 13.2 Å². The maximum absolute atomic E-state index is 13.8. The summed E-state index contributed by atoms with van der Waals surface area (Å²) in [6, 6.07) is 5.59. The van der Waals surface area contributed by atoms with E-state index in [-0.39, 0.29) is 24.2 Å². The number of rotatable bonds is 7. The molecule has 162 valence electrons. The molecule has 0 N–H and O–H groups in total. The van der Waals surface area contributed by atoms with Gasteiger partial charge in [-0.05, 0) is 54.5 Å². The van der Waals surface area contributed by atoms with Gasteiger partial charge in [0.2, 0.25) is 0 Å². The molecule has 2 heterocycles. The maximum atomic E-state index is 13.8. The molecule has 0 saturated heterocycles. The first-order chi connectivity index (χ1) is 14.1. The first-order valence-corrected chi connectivity index (χ1v) is 10.2. The Morgan fingerprint density at radius 1 is 1.20 bits per heavy atom. The molecular formula is C23H27F3N2O2. The van der Waals surface area contributed by atoms with E-state index in [1.807, 2.05) is 13.8 Å². The van der Waals surface area contributed by atoms with E-state index in [9.17, 15) is 18.0 Å². The standard InChI is InChI=1S/C23H27F3N2O2/c1-5-28-12-19-21(22(28)29)17(8-9-27-19)16-6-7-20(18(11-16)23(24,25)26)30-13-15(4)10-14(2)3/h6-9,11,14-15H,5,10,12-13H2,1-4H3/t15-/m1/s1. The zero-order valence-electron chi connectivity index (χ0n) is 17.7. The second-order valence-corrected chi connectivity index (χ2v) is 8.25. The summed E-state index contributed by atoms with van der Waals surface area (Å²) in [5.41, 5.74) is 0.934. The third-order valence-electron chi connectivity index (χ3n) is 5.25. The molecule has 1 amide bonds. The fourth-order valence-electron chi connectivity index (χ4n) is 3.92. The van der Waals surface area contributed by atoms with Crippen LogP contribution in [0.5, 0.6) is 5.75 Å². The van der Waals surface area contributed by atoms with Gasteiger partial charge in [0.15, 0.2) is 0 Å². The molecule has 0 fully saturated rings. The number of pyridine rings is 1. The van der Waals surface area contributed by atoms with E-state index in [0.29, 0.717) is 41.4 Å². The van der Waals surface area contributed by atoms with Gasteiger partial charge >= 0.3 is 6.18 Å². The average molecular weight is 420 g/mol. The fraction of sp³-hybridized carbons (Fsp3) is 0.478. The molecule has 0 spiro atoms. The number of benzene rings is 1. The van der Waals surface area contributed by atoms with Gasteiger partial charge in [0.1, 0.15) is 5.75 Å². The lowest BCUT2D eigenvalue weighted by atomic mass is 9.97. The molecule has 30 heavy (non-hydrogen) atoms. The molecule has 3 rings (SSSR count). The molecule has 0 radical (unpaired) electrons. The molecule has 7 heteroatoms. The van der Waals surface area contributed by atoms with E-state index >= 15 is 0 Å². The van der Waals surface area contributed by atoms with Crippen LogP contribution in [0.3, 0.4) is 0 Å². The Labute approximate surface area is 175 Å². The van der Waals surface area contributed by atoms with Crippen molar-refractivity contribution in [3.63, 3.8) is 0 Å². The van der Waals surface area contributed by atoms with Gasteiger partial charge in [0.05, 0.1) is 30.0 Å². The van der Waals surface area contributed by atoms with E-state index < -0.39 is 11.7 Å². The van der Waals surface area contributed by atoms with Crippen molar-refractivity contribution in [1.29, 1.82) is 0 Å². The molecule has 4 nitrogen and oxygen atoms in total. The summed E-state index contributed by atoms with van der Waals surface area (Å²) in [6.07, 6.45) is -2.16. The monoisotopic (exact) mass is 420 g/mol. The summed E-state index contributed by atoms with van der Waals surface area (Å²) in [5, 5.41) is 0. The molecule has 0 bridgehead atoms. The van der Waals surface area contributed by atoms with Crippen molar-refractivity contribution in [3.8, 4) is 16.9 Å². The number of nitrogens with zero attached hydrogens (tertiary/aromatic N) is 2. The van der Waals surface area contributed by atoms with Crippen LogP contribution in [0, 0.1) is 11.8 Å². The molecular weight excluding hydrogens is 393 g/mol. The number of halogens is 3. The number of carbonyl (C=O) groups is 1. The summed E-state index contributed by atoms with van der Waals surface area (Å²) in [6.45, 7) is 9.07. The highest BCUT2D eigenvalue weighted by Gasteiger charge is 2.36. The van der Waals surface area contributed by atoms with Gasteiger partial charge in [0, 0.05) is 12.7 Å². The summed E-state index contributed by atoms with van der Waals surface area (Å²) >= 11 is 0. The number of fused-ring (bicyclic) bond motifs is 1. The van der Waals surface area contributed by atoms with E-state index in [0.717, 1.165) is 12.5 Å². The highest BCUT2D eigenvalue weighted by atomic mass is 19.4. The molecule has 0 saturated carbocycles. The third kappa shape index (κ3) is 4.60. The van der Waals surface area contributed by atoms with Crippen LogP contribution in [0.25, 0.3) is 11.1 Å². The highest BCUT2D eigenvalue weighted by molar-refractivity contribution is 6.04. The number of ether oxygens (including phenoxy) is 1. The predicted molar refractivity (Wildman–Crippen MR) is 109 cm³/mol. The number of aromatic nitrogens is 1. The van der Waals surface area contributed by atoms with Gasteiger partial charge in [-0.3, -0.25) is 9.78 Å². The lowest BCUT2D eigenvalue weighted by molar-refractivity contribution is -0.139. The molecule has 1 atom stereocenters. The average Bonchev–Trinajstić information content (AvgIpc) is 3.01. The van der Waals surface area contributed by atoms with Gasteiger partial charge in [-0.15, -0.1) is 0 Å². The van der Waals surface area contributed by atoms with Crippen molar-refractivity contribution in [2.45, 2.75) is 46.8 Å². The van der Waals surface area contributed by atoms with Crippen LogP contribution >= 0.6 is 0 Å². The van der Waals surface area contributed by atoms with Crippen molar-refractivity contribution < 1.29 is 22.7 Å². The Morgan fingerprint density at radius 2 is 1.93 bits per heavy atom. The number of hydrogen-bond donors (Lipinski definition) is 0. The third-order valence-corrected chi connectivity index (χ3v) is 5.25. The molecule has 1 aromatic carbocycles. The van der Waals surface area contributed by atoms with Crippen molar-refractivity contribution >= 4 is 5.91 Å². The SMILES string of the molecule is CCN1Cc2nccc(-c3ccc(OC[C@H](C)CC(C)C)c(C(F)(F)F)c3)c2C1=O. The van der Waals surface area contributed by atoms with Crippen LogP contribution in [-0.2, 0) is 12.7 Å². The Morgan fingerprint density at radius 3 is 2.57 bits per heavy atom. The Hall–Kier alpha value is -2.57. The van der Waals surface area contributed by atoms with Gasteiger partial charge in [-0.1, -0.05) is 26.8 Å². The van der Waals surface area contributed by atoms with E-state index in [2.05, 4.69) is 18.8 Å². The van der Waals surface area contributed by atoms with Crippen molar-refractivity contribution in [3.05, 3.63) is 47.3 Å². The maximum Gasteiger partial charge on any atom is 0.419 e. The molecule has 2 aromatic rings. The molecule has 0 unspecified atom stereocenters. The minimum atomic E-state index is -4.57. The van der Waals surface area contributed by atoms with Crippen LogP contribution in [0.2, 0.25) is 0 Å². The number of alkyl halides is 3. The van der Waals surface area contributed by atoms with Gasteiger partial charge in [-0.2, -0.15) is 13.2 Å². The Bertz CT molecular complexity index is 925. The smallest absolute Gasteiger partial charge is 0.419 e. The van der Waals surface area contributed by atoms with Crippen LogP contribution in [-0.4, -0.2) is 28.9 Å². The Kier molecular flexibility index (Phi) is 6.38. The normalized spacial score (nSPS) is 14.9. The summed E-state index contributed by atoms with van der Waals surface area (Å²) in [7, 11) is 0. The van der Waals surface area contributed by atoms with Gasteiger partial charge in [0.25, 0.3) is 5.91 Å². The quantitative estimate of drug-likeness (QED) is 0.568. The van der Waals surface area contributed by atoms with Crippen molar-refractivity contribution in [2.24, 2.45) is 11.8 Å². The van der Waals surface area contributed by atoms with Crippen LogP contribution < -0.4 is 4.74 Å². The van der Waals surface area contributed by atoms with E-state index in [1.165, 1.54) is 12.3 Å².